The van der Waals surface area contributed by atoms with Crippen molar-refractivity contribution in [3.63, 3.8) is 0 Å². The van der Waals surface area contributed by atoms with Crippen LogP contribution in [0.4, 0.5) is 0 Å². The van der Waals surface area contributed by atoms with Crippen LogP contribution in [0.5, 0.6) is 17.2 Å². The molecule has 0 atom stereocenters. The Kier molecular flexibility index (Phi) is 4.64. The molecule has 0 saturated carbocycles. The van der Waals surface area contributed by atoms with Gasteiger partial charge in [0.15, 0.2) is 0 Å². The summed E-state index contributed by atoms with van der Waals surface area (Å²) in [4.78, 5) is 0. The van der Waals surface area contributed by atoms with Gasteiger partial charge in [-0.05, 0) is 97.0 Å². The largest absolute Gasteiger partial charge is 0.507 e. The molecule has 3 nitrogen and oxygen atoms in total. The second kappa shape index (κ2) is 6.75. The van der Waals surface area contributed by atoms with Crippen molar-refractivity contribution in [2.24, 2.45) is 0 Å². The van der Waals surface area contributed by atoms with E-state index in [9.17, 15) is 10.2 Å². The maximum absolute atomic E-state index is 10.1. The molecule has 0 spiro atoms. The van der Waals surface area contributed by atoms with Gasteiger partial charge in [0.05, 0.1) is 7.11 Å². The number of phenols is 2. The molecule has 0 amide bonds. The Morgan fingerprint density at radius 3 is 1.62 bits per heavy atom. The molecular weight excluding hydrogens is 324 g/mol. The molecule has 3 aromatic carbocycles. The summed E-state index contributed by atoms with van der Waals surface area (Å²) in [6.07, 6.45) is 0. The van der Waals surface area contributed by atoms with Crippen molar-refractivity contribution in [1.82, 2.24) is 0 Å². The Bertz CT molecular complexity index is 941. The Morgan fingerprint density at radius 1 is 0.692 bits per heavy atom. The topological polar surface area (TPSA) is 49.7 Å². The van der Waals surface area contributed by atoms with E-state index in [0.29, 0.717) is 11.5 Å². The highest BCUT2D eigenvalue weighted by Crippen LogP contribution is 2.42. The van der Waals surface area contributed by atoms with E-state index in [1.165, 1.54) is 0 Å². The summed E-state index contributed by atoms with van der Waals surface area (Å²) in [7, 11) is 1.66. The van der Waals surface area contributed by atoms with Gasteiger partial charge in [0.25, 0.3) is 0 Å². The minimum absolute atomic E-state index is 0.321. The van der Waals surface area contributed by atoms with E-state index in [2.05, 4.69) is 6.07 Å². The molecule has 0 fully saturated rings. The van der Waals surface area contributed by atoms with E-state index in [1.807, 2.05) is 64.1 Å². The van der Waals surface area contributed by atoms with Gasteiger partial charge < -0.3 is 14.9 Å². The van der Waals surface area contributed by atoms with Gasteiger partial charge in [0.1, 0.15) is 17.2 Å². The SMILES string of the molecule is COc1cccc(-c2cc(C)c(O)c(C)c2)c1-c1cc(C)c(O)c(C)c1. The first-order valence-electron chi connectivity index (χ1n) is 8.61. The molecule has 0 aliphatic carbocycles. The lowest BCUT2D eigenvalue weighted by Gasteiger charge is -2.17. The number of phenolic OH excluding ortho intramolecular Hbond substituents is 2. The summed E-state index contributed by atoms with van der Waals surface area (Å²) in [6, 6.07) is 13.9. The van der Waals surface area contributed by atoms with Gasteiger partial charge in [-0.2, -0.15) is 0 Å². The van der Waals surface area contributed by atoms with Crippen LogP contribution in [0.25, 0.3) is 22.3 Å². The zero-order valence-corrected chi connectivity index (χ0v) is 15.8. The molecule has 0 radical (unpaired) electrons. The molecule has 0 bridgehead atoms. The predicted octanol–water partition coefficient (Wildman–Crippen LogP) is 5.67. The van der Waals surface area contributed by atoms with Crippen LogP contribution < -0.4 is 4.74 Å². The van der Waals surface area contributed by atoms with Crippen molar-refractivity contribution in [1.29, 1.82) is 0 Å². The van der Waals surface area contributed by atoms with E-state index >= 15 is 0 Å². The number of aromatic hydroxyl groups is 2. The Hall–Kier alpha value is -2.94. The first-order chi connectivity index (χ1) is 12.3. The first kappa shape index (κ1) is 17.9. The zero-order chi connectivity index (χ0) is 19.0. The van der Waals surface area contributed by atoms with Crippen LogP contribution in [-0.2, 0) is 0 Å². The van der Waals surface area contributed by atoms with Gasteiger partial charge in [-0.25, -0.2) is 0 Å². The summed E-state index contributed by atoms with van der Waals surface area (Å²) >= 11 is 0. The summed E-state index contributed by atoms with van der Waals surface area (Å²) in [5.74, 6) is 1.42. The van der Waals surface area contributed by atoms with Crippen molar-refractivity contribution in [2.75, 3.05) is 7.11 Å². The zero-order valence-electron chi connectivity index (χ0n) is 15.8. The van der Waals surface area contributed by atoms with Crippen molar-refractivity contribution in [3.05, 3.63) is 64.7 Å². The van der Waals surface area contributed by atoms with Gasteiger partial charge >= 0.3 is 0 Å². The molecule has 0 saturated heterocycles. The summed E-state index contributed by atoms with van der Waals surface area (Å²) < 4.78 is 5.64. The lowest BCUT2D eigenvalue weighted by atomic mass is 9.90. The molecule has 26 heavy (non-hydrogen) atoms. The molecular formula is C23H24O3. The smallest absolute Gasteiger partial charge is 0.127 e. The fourth-order valence-electron chi connectivity index (χ4n) is 3.45. The van der Waals surface area contributed by atoms with E-state index in [1.54, 1.807) is 7.11 Å². The van der Waals surface area contributed by atoms with Gasteiger partial charge in [-0.3, -0.25) is 0 Å². The first-order valence-corrected chi connectivity index (χ1v) is 8.61. The van der Waals surface area contributed by atoms with Crippen molar-refractivity contribution in [3.8, 4) is 39.5 Å². The van der Waals surface area contributed by atoms with E-state index in [4.69, 9.17) is 4.74 Å². The number of ether oxygens (including phenoxy) is 1. The van der Waals surface area contributed by atoms with E-state index in [-0.39, 0.29) is 0 Å². The lowest BCUT2D eigenvalue weighted by molar-refractivity contribution is 0.416. The Labute approximate surface area is 154 Å². The van der Waals surface area contributed by atoms with Crippen LogP contribution in [0.15, 0.2) is 42.5 Å². The fourth-order valence-corrected chi connectivity index (χ4v) is 3.45. The second-order valence-electron chi connectivity index (χ2n) is 6.80. The van der Waals surface area contributed by atoms with Crippen LogP contribution in [0, 0.1) is 27.7 Å². The molecule has 134 valence electrons. The molecule has 3 aromatic rings. The number of hydrogen-bond donors (Lipinski definition) is 2. The van der Waals surface area contributed by atoms with Gasteiger partial charge in [0, 0.05) is 5.56 Å². The third-order valence-corrected chi connectivity index (χ3v) is 4.83. The van der Waals surface area contributed by atoms with Crippen LogP contribution in [0.2, 0.25) is 0 Å². The predicted molar refractivity (Wildman–Crippen MR) is 106 cm³/mol. The number of rotatable bonds is 3. The van der Waals surface area contributed by atoms with Crippen molar-refractivity contribution >= 4 is 0 Å². The summed E-state index contributed by atoms with van der Waals surface area (Å²) in [5, 5.41) is 20.3. The third kappa shape index (κ3) is 3.01. The number of benzene rings is 3. The van der Waals surface area contributed by atoms with E-state index in [0.717, 1.165) is 50.3 Å². The molecule has 0 aliphatic rings. The summed E-state index contributed by atoms with van der Waals surface area (Å²) in [5.41, 5.74) is 7.36. The monoisotopic (exact) mass is 348 g/mol. The van der Waals surface area contributed by atoms with Crippen LogP contribution in [-0.4, -0.2) is 17.3 Å². The average Bonchev–Trinajstić information content (AvgIpc) is 2.62. The molecule has 2 N–H and O–H groups in total. The molecule has 0 heterocycles. The standard InChI is InChI=1S/C23H24O3/c1-13-9-17(10-14(2)22(13)24)19-7-6-8-20(26-5)21(19)18-11-15(3)23(25)16(4)12-18/h6-12,24-25H,1-5H3. The number of methoxy groups -OCH3 is 1. The molecule has 0 aromatic heterocycles. The molecule has 3 rings (SSSR count). The third-order valence-electron chi connectivity index (χ3n) is 4.83. The van der Waals surface area contributed by atoms with E-state index < -0.39 is 0 Å². The van der Waals surface area contributed by atoms with Crippen molar-refractivity contribution < 1.29 is 14.9 Å². The molecule has 0 unspecified atom stereocenters. The Morgan fingerprint density at radius 2 is 1.15 bits per heavy atom. The molecule has 0 aliphatic heterocycles. The highest BCUT2D eigenvalue weighted by molar-refractivity contribution is 5.89. The Balaban J connectivity index is 2.33. The highest BCUT2D eigenvalue weighted by Gasteiger charge is 2.16. The van der Waals surface area contributed by atoms with Gasteiger partial charge in [-0.1, -0.05) is 12.1 Å². The number of aryl methyl sites for hydroxylation is 4. The van der Waals surface area contributed by atoms with Crippen LogP contribution >= 0.6 is 0 Å². The normalized spacial score (nSPS) is 10.8. The van der Waals surface area contributed by atoms with Crippen LogP contribution in [0.1, 0.15) is 22.3 Å². The second-order valence-corrected chi connectivity index (χ2v) is 6.80. The maximum atomic E-state index is 10.1. The van der Waals surface area contributed by atoms with Gasteiger partial charge in [-0.15, -0.1) is 0 Å². The summed E-state index contributed by atoms with van der Waals surface area (Å²) in [6.45, 7) is 7.60. The minimum atomic E-state index is 0.321. The molecule has 3 heteroatoms. The minimum Gasteiger partial charge on any atom is -0.507 e. The number of hydrogen-bond acceptors (Lipinski definition) is 3. The maximum Gasteiger partial charge on any atom is 0.127 e. The van der Waals surface area contributed by atoms with Crippen molar-refractivity contribution in [2.45, 2.75) is 27.7 Å². The highest BCUT2D eigenvalue weighted by atomic mass is 16.5. The van der Waals surface area contributed by atoms with Crippen LogP contribution in [0.3, 0.4) is 0 Å². The lowest BCUT2D eigenvalue weighted by Crippen LogP contribution is -1.94. The van der Waals surface area contributed by atoms with Gasteiger partial charge in [0.2, 0.25) is 0 Å². The average molecular weight is 348 g/mol. The fraction of sp³-hybridized carbons (Fsp3) is 0.217. The quantitative estimate of drug-likeness (QED) is 0.641.